The summed E-state index contributed by atoms with van der Waals surface area (Å²) in [5, 5.41) is 22.5. The first kappa shape index (κ1) is 15.4. The second kappa shape index (κ2) is 6.50. The van der Waals surface area contributed by atoms with Crippen LogP contribution in [0.2, 0.25) is 0 Å². The minimum absolute atomic E-state index is 0.164. The monoisotopic (exact) mass is 281 g/mol. The predicted octanol–water partition coefficient (Wildman–Crippen LogP) is 1.18. The molecule has 108 valence electrons. The summed E-state index contributed by atoms with van der Waals surface area (Å²) in [5.41, 5.74) is -0.786. The lowest BCUT2D eigenvalue weighted by molar-refractivity contribution is -0.384. The number of nitrogens with zero attached hydrogens (tertiary/aromatic N) is 2. The number of nitro groups is 1. The van der Waals surface area contributed by atoms with Crippen molar-refractivity contribution >= 4 is 23.3 Å². The SMILES string of the molecule is CCN(C)C(=O)CNc1c(C(=O)O)cccc1[N+](=O)[O-]. The van der Waals surface area contributed by atoms with Crippen LogP contribution in [0.5, 0.6) is 0 Å². The van der Waals surface area contributed by atoms with Gasteiger partial charge in [0.2, 0.25) is 5.91 Å². The van der Waals surface area contributed by atoms with Crippen LogP contribution in [0, 0.1) is 10.1 Å². The van der Waals surface area contributed by atoms with E-state index in [1.807, 2.05) is 0 Å². The Morgan fingerprint density at radius 2 is 2.10 bits per heavy atom. The Kier molecular flexibility index (Phi) is 5.01. The number of carbonyl (C=O) groups excluding carboxylic acids is 1. The zero-order valence-electron chi connectivity index (χ0n) is 11.1. The van der Waals surface area contributed by atoms with Gasteiger partial charge >= 0.3 is 5.97 Å². The van der Waals surface area contributed by atoms with E-state index in [1.54, 1.807) is 14.0 Å². The number of likely N-dealkylation sites (N-methyl/N-ethyl adjacent to an activating group) is 1. The number of aromatic carboxylic acids is 1. The average Bonchev–Trinajstić information content (AvgIpc) is 2.42. The number of hydrogen-bond donors (Lipinski definition) is 2. The Labute approximate surface area is 115 Å². The highest BCUT2D eigenvalue weighted by atomic mass is 16.6. The fraction of sp³-hybridized carbons (Fsp3) is 0.333. The maximum Gasteiger partial charge on any atom is 0.338 e. The summed E-state index contributed by atoms with van der Waals surface area (Å²) >= 11 is 0. The van der Waals surface area contributed by atoms with Gasteiger partial charge in [-0.15, -0.1) is 0 Å². The van der Waals surface area contributed by atoms with E-state index in [9.17, 15) is 19.7 Å². The van der Waals surface area contributed by atoms with Gasteiger partial charge in [0.15, 0.2) is 0 Å². The van der Waals surface area contributed by atoms with Crippen molar-refractivity contribution in [3.05, 3.63) is 33.9 Å². The number of para-hydroxylation sites is 1. The lowest BCUT2D eigenvalue weighted by Crippen LogP contribution is -2.32. The van der Waals surface area contributed by atoms with E-state index >= 15 is 0 Å². The highest BCUT2D eigenvalue weighted by Crippen LogP contribution is 2.28. The highest BCUT2D eigenvalue weighted by molar-refractivity contribution is 5.97. The first-order valence-electron chi connectivity index (χ1n) is 5.87. The van der Waals surface area contributed by atoms with E-state index in [0.29, 0.717) is 6.54 Å². The molecular formula is C12H15N3O5. The zero-order chi connectivity index (χ0) is 15.3. The molecule has 0 aliphatic rings. The number of carbonyl (C=O) groups is 2. The smallest absolute Gasteiger partial charge is 0.338 e. The van der Waals surface area contributed by atoms with E-state index in [4.69, 9.17) is 5.11 Å². The maximum absolute atomic E-state index is 11.7. The molecule has 0 aromatic heterocycles. The number of carboxylic acid groups (broad SMARTS) is 1. The summed E-state index contributed by atoms with van der Waals surface area (Å²) in [4.78, 5) is 34.4. The molecule has 0 aliphatic heterocycles. The molecule has 0 aliphatic carbocycles. The van der Waals surface area contributed by atoms with Gasteiger partial charge in [-0.1, -0.05) is 6.07 Å². The molecule has 1 amide bonds. The first-order chi connectivity index (χ1) is 9.38. The third-order valence-electron chi connectivity index (χ3n) is 2.79. The van der Waals surface area contributed by atoms with Crippen LogP contribution < -0.4 is 5.32 Å². The van der Waals surface area contributed by atoms with Crippen molar-refractivity contribution in [1.82, 2.24) is 4.90 Å². The van der Waals surface area contributed by atoms with Crippen molar-refractivity contribution in [2.45, 2.75) is 6.92 Å². The molecule has 0 unspecified atom stereocenters. The van der Waals surface area contributed by atoms with Crippen molar-refractivity contribution in [2.24, 2.45) is 0 Å². The Hall–Kier alpha value is -2.64. The number of anilines is 1. The van der Waals surface area contributed by atoms with E-state index in [0.717, 1.165) is 0 Å². The number of carboxylic acids is 1. The number of hydrogen-bond acceptors (Lipinski definition) is 5. The van der Waals surface area contributed by atoms with Gasteiger partial charge in [0.1, 0.15) is 5.69 Å². The quantitative estimate of drug-likeness (QED) is 0.598. The minimum atomic E-state index is -1.30. The zero-order valence-corrected chi connectivity index (χ0v) is 11.1. The van der Waals surface area contributed by atoms with Gasteiger partial charge in [-0.05, 0) is 13.0 Å². The highest BCUT2D eigenvalue weighted by Gasteiger charge is 2.22. The van der Waals surface area contributed by atoms with Crippen LogP contribution in [0.15, 0.2) is 18.2 Å². The summed E-state index contributed by atoms with van der Waals surface area (Å²) in [6, 6.07) is 3.71. The van der Waals surface area contributed by atoms with Gasteiger partial charge in [-0.3, -0.25) is 14.9 Å². The number of amides is 1. The normalized spacial score (nSPS) is 9.90. The molecule has 0 saturated heterocycles. The second-order valence-electron chi connectivity index (χ2n) is 4.02. The van der Waals surface area contributed by atoms with Crippen molar-refractivity contribution in [1.29, 1.82) is 0 Å². The molecule has 2 N–H and O–H groups in total. The van der Waals surface area contributed by atoms with Gasteiger partial charge < -0.3 is 15.3 Å². The molecular weight excluding hydrogens is 266 g/mol. The van der Waals surface area contributed by atoms with Crippen molar-refractivity contribution in [2.75, 3.05) is 25.5 Å². The van der Waals surface area contributed by atoms with Crippen LogP contribution in [0.3, 0.4) is 0 Å². The topological polar surface area (TPSA) is 113 Å². The molecule has 8 nitrogen and oxygen atoms in total. The minimum Gasteiger partial charge on any atom is -0.478 e. The predicted molar refractivity (Wildman–Crippen MR) is 71.9 cm³/mol. The third-order valence-corrected chi connectivity index (χ3v) is 2.79. The van der Waals surface area contributed by atoms with Gasteiger partial charge in [-0.2, -0.15) is 0 Å². The van der Waals surface area contributed by atoms with Crippen LogP contribution in [-0.2, 0) is 4.79 Å². The molecule has 0 fully saturated rings. The Morgan fingerprint density at radius 1 is 1.45 bits per heavy atom. The second-order valence-corrected chi connectivity index (χ2v) is 4.02. The molecule has 1 aromatic rings. The fourth-order valence-corrected chi connectivity index (χ4v) is 1.53. The number of benzene rings is 1. The van der Waals surface area contributed by atoms with Crippen LogP contribution in [0.1, 0.15) is 17.3 Å². The number of nitro benzene ring substituents is 1. The summed E-state index contributed by atoms with van der Waals surface area (Å²) in [6.07, 6.45) is 0. The first-order valence-corrected chi connectivity index (χ1v) is 5.87. The van der Waals surface area contributed by atoms with Crippen LogP contribution >= 0.6 is 0 Å². The molecule has 0 saturated carbocycles. The largest absolute Gasteiger partial charge is 0.478 e. The van der Waals surface area contributed by atoms with Crippen LogP contribution in [0.25, 0.3) is 0 Å². The molecule has 0 heterocycles. The lowest BCUT2D eigenvalue weighted by atomic mass is 10.1. The lowest BCUT2D eigenvalue weighted by Gasteiger charge is -2.16. The Balaban J connectivity index is 3.06. The molecule has 20 heavy (non-hydrogen) atoms. The van der Waals surface area contributed by atoms with Crippen LogP contribution in [0.4, 0.5) is 11.4 Å². The van der Waals surface area contributed by atoms with Crippen molar-refractivity contribution in [3.8, 4) is 0 Å². The van der Waals surface area contributed by atoms with Gasteiger partial charge in [0, 0.05) is 19.7 Å². The summed E-state index contributed by atoms with van der Waals surface area (Å²) < 4.78 is 0. The number of nitrogens with one attached hydrogen (secondary N) is 1. The molecule has 0 spiro atoms. The number of rotatable bonds is 6. The van der Waals surface area contributed by atoms with E-state index in [-0.39, 0.29) is 29.4 Å². The molecule has 1 rings (SSSR count). The summed E-state index contributed by atoms with van der Waals surface area (Å²) in [7, 11) is 1.58. The molecule has 1 aromatic carbocycles. The van der Waals surface area contributed by atoms with E-state index in [2.05, 4.69) is 5.32 Å². The molecule has 0 bridgehead atoms. The standard InChI is InChI=1S/C12H15N3O5/c1-3-14(2)10(16)7-13-11-8(12(17)18)5-4-6-9(11)15(19)20/h4-6,13H,3,7H2,1-2H3,(H,17,18). The summed E-state index contributed by atoms with van der Waals surface area (Å²) in [6.45, 7) is 2.06. The molecule has 8 heteroatoms. The van der Waals surface area contributed by atoms with Gasteiger partial charge in [0.05, 0.1) is 17.0 Å². The van der Waals surface area contributed by atoms with Crippen molar-refractivity contribution < 1.29 is 19.6 Å². The molecule has 0 radical (unpaired) electrons. The Morgan fingerprint density at radius 3 is 2.60 bits per heavy atom. The summed E-state index contributed by atoms with van der Waals surface area (Å²) in [5.74, 6) is -1.59. The Bertz CT molecular complexity index is 512. The average molecular weight is 281 g/mol. The fourth-order valence-electron chi connectivity index (χ4n) is 1.53. The van der Waals surface area contributed by atoms with E-state index in [1.165, 1.54) is 23.1 Å². The molecule has 0 atom stereocenters. The van der Waals surface area contributed by atoms with E-state index < -0.39 is 10.9 Å². The van der Waals surface area contributed by atoms with Gasteiger partial charge in [0.25, 0.3) is 5.69 Å². The third kappa shape index (κ3) is 3.44. The van der Waals surface area contributed by atoms with Crippen molar-refractivity contribution in [3.63, 3.8) is 0 Å². The maximum atomic E-state index is 11.7. The van der Waals surface area contributed by atoms with Crippen LogP contribution in [-0.4, -0.2) is 46.9 Å². The van der Waals surface area contributed by atoms with Gasteiger partial charge in [-0.25, -0.2) is 4.79 Å².